The Morgan fingerprint density at radius 2 is 1.19 bits per heavy atom. The lowest BCUT2D eigenvalue weighted by Crippen LogP contribution is -2.60. The zero-order chi connectivity index (χ0) is 36.7. The molecule has 3 saturated heterocycles. The van der Waals surface area contributed by atoms with Crippen LogP contribution < -0.4 is 0 Å². The minimum absolute atomic E-state index is 0.0891. The summed E-state index contributed by atoms with van der Waals surface area (Å²) in [7, 11) is 0. The molecule has 6 N–H and O–H groups in total. The highest BCUT2D eigenvalue weighted by molar-refractivity contribution is 5.83. The van der Waals surface area contributed by atoms with Gasteiger partial charge in [0, 0.05) is 36.5 Å². The van der Waals surface area contributed by atoms with Crippen molar-refractivity contribution >= 4 is 11.8 Å². The normalized spacial score (nSPS) is 52.0. The number of Topliss-reactive ketones (excluding diaryl/α,β-unsaturated/α-hetero) is 1. The van der Waals surface area contributed by atoms with Gasteiger partial charge in [-0.15, -0.1) is 0 Å². The molecule has 0 aromatic carbocycles. The van der Waals surface area contributed by atoms with Crippen LogP contribution in [-0.2, 0) is 33.3 Å². The van der Waals surface area contributed by atoms with Gasteiger partial charge in [-0.25, -0.2) is 0 Å². The van der Waals surface area contributed by atoms with Gasteiger partial charge in [0.25, 0.3) is 0 Å². The average Bonchev–Trinajstić information content (AvgIpc) is 2.99. The fourth-order valence-corrected chi connectivity index (χ4v) is 7.94. The first kappa shape index (κ1) is 41.2. The van der Waals surface area contributed by atoms with E-state index in [1.165, 1.54) is 20.8 Å². The number of ketones is 1. The van der Waals surface area contributed by atoms with E-state index in [9.17, 15) is 40.2 Å². The Kier molecular flexibility index (Phi) is 13.3. The zero-order valence-electron chi connectivity index (χ0n) is 30.5. The summed E-state index contributed by atoms with van der Waals surface area (Å²) in [5.41, 5.74) is -4.91. The maximum atomic E-state index is 13.9. The predicted molar refractivity (Wildman–Crippen MR) is 173 cm³/mol. The minimum Gasteiger partial charge on any atom is -0.462 e. The number of ether oxygens (including phenoxy) is 5. The Hall–Kier alpha value is -1.26. The van der Waals surface area contributed by atoms with Crippen molar-refractivity contribution in [1.29, 1.82) is 0 Å². The molecule has 3 aliphatic rings. The Labute approximate surface area is 285 Å². The van der Waals surface area contributed by atoms with E-state index >= 15 is 0 Å². The van der Waals surface area contributed by atoms with E-state index in [0.29, 0.717) is 6.42 Å². The molecule has 8 unspecified atom stereocenters. The number of aliphatic hydroxyl groups excluding tert-OH is 3. The molecule has 3 heterocycles. The molecular weight excluding hydrogens is 628 g/mol. The van der Waals surface area contributed by atoms with Crippen LogP contribution >= 0.6 is 0 Å². The molecule has 0 amide bonds. The van der Waals surface area contributed by atoms with Crippen molar-refractivity contribution in [3.05, 3.63) is 0 Å². The third-order valence-electron chi connectivity index (χ3n) is 11.1. The Balaban J connectivity index is 2.13. The third kappa shape index (κ3) is 8.96. The average molecular weight is 691 g/mol. The second-order valence-electron chi connectivity index (χ2n) is 15.7. The Morgan fingerprint density at radius 1 is 0.708 bits per heavy atom. The van der Waals surface area contributed by atoms with Crippen molar-refractivity contribution in [2.24, 2.45) is 29.6 Å². The van der Waals surface area contributed by atoms with Crippen molar-refractivity contribution in [2.75, 3.05) is 0 Å². The summed E-state index contributed by atoms with van der Waals surface area (Å²) in [6.07, 6.45) is -10.3. The van der Waals surface area contributed by atoms with Crippen LogP contribution in [0.1, 0.15) is 102 Å². The van der Waals surface area contributed by atoms with Crippen molar-refractivity contribution in [3.63, 3.8) is 0 Å². The van der Waals surface area contributed by atoms with Gasteiger partial charge < -0.3 is 54.3 Å². The molecule has 0 aromatic rings. The maximum absolute atomic E-state index is 13.9. The largest absolute Gasteiger partial charge is 0.462 e. The predicted octanol–water partition coefficient (Wildman–Crippen LogP) is 1.84. The summed E-state index contributed by atoms with van der Waals surface area (Å²) in [6.45, 7) is 17.8. The van der Waals surface area contributed by atoms with Crippen molar-refractivity contribution in [2.45, 2.75) is 180 Å². The lowest BCUT2D eigenvalue weighted by atomic mass is 9.74. The van der Waals surface area contributed by atoms with Gasteiger partial charge in [0.05, 0.1) is 53.2 Å². The van der Waals surface area contributed by atoms with Crippen molar-refractivity contribution in [1.82, 2.24) is 0 Å². The van der Waals surface area contributed by atoms with E-state index in [2.05, 4.69) is 0 Å². The Morgan fingerprint density at radius 3 is 1.65 bits per heavy atom. The standard InChI is InChI=1S/C35H62O13/c1-12-23-17(3)27(37)18(4)26(36)16(2)13-35(11,43)31(48-25-15-34(10,42)30(39)22(8)45-25)19(5)28(20(6)32(40)46-23)47-24-14-33(9,41)29(38)21(7)44-24/h16-25,27-31,37-39,41-43H,12-15H2,1-11H3/t16-,17+,18+,19+,20-,21?,22?,23-,24?,25?,27+,28+,29?,30?,31-,33?,34?,35-/m1/s1. The fourth-order valence-electron chi connectivity index (χ4n) is 7.94. The van der Waals surface area contributed by atoms with E-state index in [0.717, 1.165) is 0 Å². The van der Waals surface area contributed by atoms with E-state index < -0.39 is 114 Å². The molecule has 0 spiro atoms. The van der Waals surface area contributed by atoms with Gasteiger partial charge in [0.1, 0.15) is 24.1 Å². The van der Waals surface area contributed by atoms with Gasteiger partial charge >= 0.3 is 5.97 Å². The lowest BCUT2D eigenvalue weighted by Gasteiger charge is -2.48. The first-order valence-corrected chi connectivity index (χ1v) is 17.5. The number of hydrogen-bond acceptors (Lipinski definition) is 13. The van der Waals surface area contributed by atoms with Crippen LogP contribution in [0.25, 0.3) is 0 Å². The topological polar surface area (TPSA) is 202 Å². The first-order valence-electron chi connectivity index (χ1n) is 17.5. The number of rotatable bonds is 5. The summed E-state index contributed by atoms with van der Waals surface area (Å²) in [4.78, 5) is 27.6. The van der Waals surface area contributed by atoms with Crippen molar-refractivity contribution in [3.8, 4) is 0 Å². The number of aliphatic hydroxyl groups is 6. The van der Waals surface area contributed by atoms with Gasteiger partial charge in [0.15, 0.2) is 12.6 Å². The van der Waals surface area contributed by atoms with Crippen molar-refractivity contribution < 1.29 is 63.9 Å². The van der Waals surface area contributed by atoms with Crippen LogP contribution in [-0.4, -0.2) is 121 Å². The molecule has 280 valence electrons. The van der Waals surface area contributed by atoms with Crippen LogP contribution in [0.4, 0.5) is 0 Å². The summed E-state index contributed by atoms with van der Waals surface area (Å²) in [5, 5.41) is 66.4. The molecular formula is C35H62O13. The highest BCUT2D eigenvalue weighted by Gasteiger charge is 2.52. The molecule has 0 aliphatic carbocycles. The first-order chi connectivity index (χ1) is 21.9. The van der Waals surface area contributed by atoms with Gasteiger partial charge in [0.2, 0.25) is 0 Å². The highest BCUT2D eigenvalue weighted by atomic mass is 16.7. The summed E-state index contributed by atoms with van der Waals surface area (Å²) in [5.74, 6) is -4.89. The van der Waals surface area contributed by atoms with Gasteiger partial charge in [-0.1, -0.05) is 34.6 Å². The molecule has 13 heteroatoms. The van der Waals surface area contributed by atoms with E-state index in [-0.39, 0.29) is 25.0 Å². The van der Waals surface area contributed by atoms with Crippen LogP contribution in [0.5, 0.6) is 0 Å². The second kappa shape index (κ2) is 15.5. The fraction of sp³-hybridized carbons (Fsp3) is 0.943. The summed E-state index contributed by atoms with van der Waals surface area (Å²) in [6, 6.07) is 0. The van der Waals surface area contributed by atoms with Gasteiger partial charge in [-0.05, 0) is 54.4 Å². The molecule has 48 heavy (non-hydrogen) atoms. The monoisotopic (exact) mass is 690 g/mol. The van der Waals surface area contributed by atoms with Crippen LogP contribution in [0.15, 0.2) is 0 Å². The zero-order valence-corrected chi connectivity index (χ0v) is 30.5. The number of hydrogen-bond donors (Lipinski definition) is 6. The van der Waals surface area contributed by atoms with Gasteiger partial charge in [-0.2, -0.15) is 0 Å². The molecule has 0 radical (unpaired) electrons. The lowest BCUT2D eigenvalue weighted by molar-refractivity contribution is -0.319. The van der Waals surface area contributed by atoms with E-state index in [4.69, 9.17) is 23.7 Å². The number of carbonyl (C=O) groups excluding carboxylic acids is 2. The second-order valence-corrected chi connectivity index (χ2v) is 15.7. The molecule has 0 saturated carbocycles. The third-order valence-corrected chi connectivity index (χ3v) is 11.1. The van der Waals surface area contributed by atoms with Crippen LogP contribution in [0.2, 0.25) is 0 Å². The molecule has 13 nitrogen and oxygen atoms in total. The van der Waals surface area contributed by atoms with Crippen LogP contribution in [0, 0.1) is 29.6 Å². The number of cyclic esters (lactones) is 1. The SMILES string of the molecule is CC[C@H]1OC(=O)[C@H](C)[C@@H](OC2CC(C)(O)C(O)C(C)O2)[C@H](C)[C@@H](OC2CC(C)(O)C(O)C(C)O2)[C@](C)(O)C[C@@H](C)C(=O)[C@H](C)[C@@H](O)[C@H]1C. The summed E-state index contributed by atoms with van der Waals surface area (Å²) >= 11 is 0. The Bertz CT molecular complexity index is 1090. The molecule has 0 bridgehead atoms. The van der Waals surface area contributed by atoms with Crippen LogP contribution in [0.3, 0.4) is 0 Å². The van der Waals surface area contributed by atoms with E-state index in [1.807, 2.05) is 6.92 Å². The number of carbonyl (C=O) groups is 2. The molecule has 0 aromatic heterocycles. The van der Waals surface area contributed by atoms with Gasteiger partial charge in [-0.3, -0.25) is 9.59 Å². The molecule has 3 aliphatic heterocycles. The molecule has 18 atom stereocenters. The summed E-state index contributed by atoms with van der Waals surface area (Å²) < 4.78 is 30.8. The smallest absolute Gasteiger partial charge is 0.311 e. The molecule has 3 rings (SSSR count). The highest BCUT2D eigenvalue weighted by Crippen LogP contribution is 2.40. The minimum atomic E-state index is -1.76. The maximum Gasteiger partial charge on any atom is 0.311 e. The quantitative estimate of drug-likeness (QED) is 0.229. The van der Waals surface area contributed by atoms with E-state index in [1.54, 1.807) is 48.5 Å². The molecule has 3 fully saturated rings. The number of esters is 1.